The van der Waals surface area contributed by atoms with Crippen molar-refractivity contribution >= 4 is 16.9 Å². The van der Waals surface area contributed by atoms with E-state index in [0.717, 1.165) is 16.5 Å². The first-order valence-corrected chi connectivity index (χ1v) is 7.28. The van der Waals surface area contributed by atoms with E-state index in [4.69, 9.17) is 10.2 Å². The quantitative estimate of drug-likeness (QED) is 0.889. The molecule has 2 aromatic rings. The van der Waals surface area contributed by atoms with Gasteiger partial charge in [0.1, 0.15) is 0 Å². The van der Waals surface area contributed by atoms with Gasteiger partial charge in [0.2, 0.25) is 0 Å². The summed E-state index contributed by atoms with van der Waals surface area (Å²) >= 11 is 0. The summed E-state index contributed by atoms with van der Waals surface area (Å²) in [5.41, 5.74) is 3.10. The number of carboxylic acid groups (broad SMARTS) is 1. The van der Waals surface area contributed by atoms with Crippen molar-refractivity contribution in [2.45, 2.75) is 45.6 Å². The number of hydrogen-bond donors (Lipinski definition) is 2. The van der Waals surface area contributed by atoms with Gasteiger partial charge in [-0.25, -0.2) is 0 Å². The number of aromatic nitrogens is 1. The highest BCUT2D eigenvalue weighted by Gasteiger charge is 2.17. The number of benzene rings is 1. The molecule has 0 saturated heterocycles. The second-order valence-corrected chi connectivity index (χ2v) is 6.48. The average molecular weight is 289 g/mol. The maximum atomic E-state index is 11.1. The molecule has 0 aliphatic carbocycles. The number of aryl methyl sites for hydroxylation is 1. The van der Waals surface area contributed by atoms with Crippen LogP contribution in [0.5, 0.6) is 0 Å². The Labute approximate surface area is 125 Å². The van der Waals surface area contributed by atoms with Crippen molar-refractivity contribution in [2.75, 3.05) is 6.61 Å². The largest absolute Gasteiger partial charge is 0.481 e. The second-order valence-electron chi connectivity index (χ2n) is 6.48. The van der Waals surface area contributed by atoms with E-state index in [2.05, 4.69) is 39.0 Å². The van der Waals surface area contributed by atoms with E-state index in [-0.39, 0.29) is 18.4 Å². The Hall–Kier alpha value is -1.81. The monoisotopic (exact) mass is 289 g/mol. The molecule has 4 heteroatoms. The first-order chi connectivity index (χ1) is 9.82. The Kier molecular flexibility index (Phi) is 4.37. The molecule has 0 unspecified atom stereocenters. The molecule has 4 nitrogen and oxygen atoms in total. The van der Waals surface area contributed by atoms with Gasteiger partial charge in [-0.3, -0.25) is 4.79 Å². The fraction of sp³-hybridized carbons (Fsp3) is 0.471. The van der Waals surface area contributed by atoms with E-state index in [1.54, 1.807) is 0 Å². The van der Waals surface area contributed by atoms with Crippen LogP contribution in [0, 0.1) is 0 Å². The van der Waals surface area contributed by atoms with Crippen molar-refractivity contribution < 1.29 is 15.0 Å². The van der Waals surface area contributed by atoms with Gasteiger partial charge < -0.3 is 14.8 Å². The molecule has 114 valence electrons. The zero-order chi connectivity index (χ0) is 15.6. The van der Waals surface area contributed by atoms with Gasteiger partial charge in [0.05, 0.1) is 6.42 Å². The number of aliphatic hydroxyl groups excluding tert-OH is 1. The zero-order valence-corrected chi connectivity index (χ0v) is 12.9. The van der Waals surface area contributed by atoms with Gasteiger partial charge in [-0.2, -0.15) is 0 Å². The first-order valence-electron chi connectivity index (χ1n) is 7.28. The number of rotatable bonds is 5. The molecule has 0 bridgehead atoms. The third-order valence-corrected chi connectivity index (χ3v) is 3.73. The molecule has 0 amide bonds. The maximum absolute atomic E-state index is 11.1. The minimum Gasteiger partial charge on any atom is -0.481 e. The van der Waals surface area contributed by atoms with Crippen LogP contribution in [0.1, 0.15) is 38.3 Å². The smallest absolute Gasteiger partial charge is 0.307 e. The molecular weight excluding hydrogens is 266 g/mol. The van der Waals surface area contributed by atoms with Crippen molar-refractivity contribution in [3.63, 3.8) is 0 Å². The molecule has 0 aliphatic heterocycles. The van der Waals surface area contributed by atoms with Crippen LogP contribution in [0.2, 0.25) is 0 Å². The molecule has 2 rings (SSSR count). The van der Waals surface area contributed by atoms with Crippen LogP contribution in [0.4, 0.5) is 0 Å². The van der Waals surface area contributed by atoms with E-state index in [1.165, 1.54) is 5.56 Å². The van der Waals surface area contributed by atoms with Crippen LogP contribution in [0.3, 0.4) is 0 Å². The lowest BCUT2D eigenvalue weighted by molar-refractivity contribution is -0.136. The topological polar surface area (TPSA) is 62.5 Å². The molecule has 2 N–H and O–H groups in total. The van der Waals surface area contributed by atoms with Crippen LogP contribution < -0.4 is 0 Å². The van der Waals surface area contributed by atoms with Gasteiger partial charge >= 0.3 is 5.97 Å². The van der Waals surface area contributed by atoms with Crippen LogP contribution in [0.15, 0.2) is 24.4 Å². The maximum Gasteiger partial charge on any atom is 0.307 e. The van der Waals surface area contributed by atoms with Gasteiger partial charge in [0.15, 0.2) is 0 Å². The van der Waals surface area contributed by atoms with E-state index < -0.39 is 5.97 Å². The Bertz CT molecular complexity index is 650. The molecule has 0 spiro atoms. The molecular formula is C17H23NO3. The predicted molar refractivity (Wildman–Crippen MR) is 83.7 cm³/mol. The van der Waals surface area contributed by atoms with Gasteiger partial charge in [-0.05, 0) is 35.1 Å². The van der Waals surface area contributed by atoms with Gasteiger partial charge in [0.25, 0.3) is 0 Å². The van der Waals surface area contributed by atoms with Crippen LogP contribution in [-0.2, 0) is 23.2 Å². The summed E-state index contributed by atoms with van der Waals surface area (Å²) in [6.07, 6.45) is 2.59. The molecule has 1 heterocycles. The number of carbonyl (C=O) groups is 1. The molecule has 0 fully saturated rings. The van der Waals surface area contributed by atoms with Crippen molar-refractivity contribution in [3.05, 3.63) is 35.5 Å². The predicted octanol–water partition coefficient (Wildman–Crippen LogP) is 2.95. The molecule has 0 aliphatic rings. The summed E-state index contributed by atoms with van der Waals surface area (Å²) in [5, 5.41) is 19.1. The standard InChI is InChI=1S/C17H23NO3/c1-17(2,3)13-5-6-15-14(10-13)12(9-16(20)21)11-18(15)7-4-8-19/h5-6,10-11,19H,4,7-9H2,1-3H3,(H,20,21). The minimum absolute atomic E-state index is 0.0240. The lowest BCUT2D eigenvalue weighted by Crippen LogP contribution is -2.10. The minimum atomic E-state index is -0.822. The molecule has 0 radical (unpaired) electrons. The van der Waals surface area contributed by atoms with E-state index in [9.17, 15) is 4.79 Å². The van der Waals surface area contributed by atoms with Gasteiger partial charge in [0, 0.05) is 30.3 Å². The summed E-state index contributed by atoms with van der Waals surface area (Å²) in [5.74, 6) is -0.822. The molecule has 1 aromatic heterocycles. The molecule has 0 saturated carbocycles. The third kappa shape index (κ3) is 3.45. The SMILES string of the molecule is CC(C)(C)c1ccc2c(c1)c(CC(=O)O)cn2CCCO. The highest BCUT2D eigenvalue weighted by Crippen LogP contribution is 2.29. The molecule has 21 heavy (non-hydrogen) atoms. The zero-order valence-electron chi connectivity index (χ0n) is 12.9. The lowest BCUT2D eigenvalue weighted by Gasteiger charge is -2.19. The summed E-state index contributed by atoms with van der Waals surface area (Å²) in [7, 11) is 0. The summed E-state index contributed by atoms with van der Waals surface area (Å²) in [4.78, 5) is 11.1. The van der Waals surface area contributed by atoms with Crippen molar-refractivity contribution in [2.24, 2.45) is 0 Å². The summed E-state index contributed by atoms with van der Waals surface area (Å²) in [6, 6.07) is 6.25. The normalized spacial score (nSPS) is 12.0. The van der Waals surface area contributed by atoms with E-state index >= 15 is 0 Å². The number of nitrogens with zero attached hydrogens (tertiary/aromatic N) is 1. The van der Waals surface area contributed by atoms with Crippen LogP contribution >= 0.6 is 0 Å². The number of fused-ring (bicyclic) bond motifs is 1. The molecule has 1 aromatic carbocycles. The van der Waals surface area contributed by atoms with Gasteiger partial charge in [-0.15, -0.1) is 0 Å². The lowest BCUT2D eigenvalue weighted by atomic mass is 9.86. The van der Waals surface area contributed by atoms with Crippen molar-refractivity contribution in [1.82, 2.24) is 4.57 Å². The Morgan fingerprint density at radius 3 is 2.57 bits per heavy atom. The summed E-state index contributed by atoms with van der Waals surface area (Å²) < 4.78 is 2.04. The Balaban J connectivity index is 2.55. The number of hydrogen-bond acceptors (Lipinski definition) is 2. The van der Waals surface area contributed by atoms with Crippen molar-refractivity contribution in [3.8, 4) is 0 Å². The third-order valence-electron chi connectivity index (χ3n) is 3.73. The fourth-order valence-electron chi connectivity index (χ4n) is 2.57. The highest BCUT2D eigenvalue weighted by molar-refractivity contribution is 5.88. The van der Waals surface area contributed by atoms with Gasteiger partial charge in [-0.1, -0.05) is 26.8 Å². The fourth-order valence-corrected chi connectivity index (χ4v) is 2.57. The first kappa shape index (κ1) is 15.6. The highest BCUT2D eigenvalue weighted by atomic mass is 16.4. The molecule has 0 atom stereocenters. The van der Waals surface area contributed by atoms with Crippen LogP contribution in [-0.4, -0.2) is 27.4 Å². The number of aliphatic hydroxyl groups is 1. The van der Waals surface area contributed by atoms with Crippen molar-refractivity contribution in [1.29, 1.82) is 0 Å². The Morgan fingerprint density at radius 1 is 1.29 bits per heavy atom. The summed E-state index contributed by atoms with van der Waals surface area (Å²) in [6.45, 7) is 7.27. The number of aliphatic carboxylic acids is 1. The van der Waals surface area contributed by atoms with E-state index in [0.29, 0.717) is 13.0 Å². The average Bonchev–Trinajstić information content (AvgIpc) is 2.72. The number of carboxylic acids is 1. The second kappa shape index (κ2) is 5.90. The van der Waals surface area contributed by atoms with E-state index in [1.807, 2.05) is 10.8 Å². The Morgan fingerprint density at radius 2 is 2.00 bits per heavy atom. The van der Waals surface area contributed by atoms with Crippen LogP contribution in [0.25, 0.3) is 10.9 Å².